The second kappa shape index (κ2) is 9.00. The molecule has 0 aliphatic carbocycles. The monoisotopic (exact) mass is 415 g/mol. The van der Waals surface area contributed by atoms with Crippen LogP contribution in [0, 0.1) is 6.92 Å². The Morgan fingerprint density at radius 1 is 1.16 bits per heavy atom. The molecule has 2 aromatic carbocycles. The molecule has 0 spiro atoms. The van der Waals surface area contributed by atoms with Crippen molar-refractivity contribution in [2.75, 3.05) is 11.9 Å². The molecule has 6 heteroatoms. The van der Waals surface area contributed by atoms with Crippen molar-refractivity contribution in [1.82, 2.24) is 9.97 Å². The van der Waals surface area contributed by atoms with Gasteiger partial charge < -0.3 is 14.5 Å². The third kappa shape index (κ3) is 4.74. The van der Waals surface area contributed by atoms with Crippen LogP contribution in [0.2, 0.25) is 0 Å². The highest BCUT2D eigenvalue weighted by atomic mass is 16.5. The molecule has 0 bridgehead atoms. The van der Waals surface area contributed by atoms with E-state index in [1.165, 1.54) is 5.56 Å². The number of carbonyl (C=O) groups excluding carboxylic acids is 1. The maximum atomic E-state index is 12.5. The first-order valence-corrected chi connectivity index (χ1v) is 10.4. The van der Waals surface area contributed by atoms with Gasteiger partial charge in [0.2, 0.25) is 5.89 Å². The maximum absolute atomic E-state index is 12.5. The van der Waals surface area contributed by atoms with Gasteiger partial charge in [0, 0.05) is 17.4 Å². The van der Waals surface area contributed by atoms with Crippen LogP contribution in [0.5, 0.6) is 5.75 Å². The SMILES string of the molecule is CC[C@H](C)c1ccc(OCC(=O)Nc2cc(-c3nc4ncccc4o3)ccc2C)cc1. The maximum Gasteiger partial charge on any atom is 0.262 e. The third-order valence-electron chi connectivity index (χ3n) is 5.35. The van der Waals surface area contributed by atoms with E-state index in [9.17, 15) is 4.79 Å². The number of pyridine rings is 1. The van der Waals surface area contributed by atoms with Crippen molar-refractivity contribution < 1.29 is 13.9 Å². The number of amides is 1. The van der Waals surface area contributed by atoms with Gasteiger partial charge in [-0.1, -0.05) is 32.0 Å². The van der Waals surface area contributed by atoms with Crippen molar-refractivity contribution in [3.8, 4) is 17.2 Å². The van der Waals surface area contributed by atoms with E-state index >= 15 is 0 Å². The minimum Gasteiger partial charge on any atom is -0.484 e. The van der Waals surface area contributed by atoms with Crippen molar-refractivity contribution >= 4 is 22.8 Å². The number of rotatable bonds is 7. The first-order chi connectivity index (χ1) is 15.0. The van der Waals surface area contributed by atoms with Gasteiger partial charge in [-0.2, -0.15) is 4.98 Å². The number of benzene rings is 2. The number of nitrogens with zero attached hydrogens (tertiary/aromatic N) is 2. The largest absolute Gasteiger partial charge is 0.484 e. The molecule has 0 saturated carbocycles. The predicted molar refractivity (Wildman–Crippen MR) is 121 cm³/mol. The fraction of sp³-hybridized carbons (Fsp3) is 0.240. The molecule has 1 N–H and O–H groups in total. The molecule has 4 aromatic rings. The first kappa shape index (κ1) is 20.6. The lowest BCUT2D eigenvalue weighted by atomic mass is 9.99. The predicted octanol–water partition coefficient (Wildman–Crippen LogP) is 5.73. The van der Waals surface area contributed by atoms with Crippen LogP contribution in [0.15, 0.2) is 65.2 Å². The molecule has 31 heavy (non-hydrogen) atoms. The molecule has 1 atom stereocenters. The van der Waals surface area contributed by atoms with Crippen LogP contribution in [-0.4, -0.2) is 22.5 Å². The fourth-order valence-electron chi connectivity index (χ4n) is 3.25. The summed E-state index contributed by atoms with van der Waals surface area (Å²) in [4.78, 5) is 21.1. The summed E-state index contributed by atoms with van der Waals surface area (Å²) in [6, 6.07) is 17.2. The molecule has 0 aliphatic heterocycles. The molecule has 6 nitrogen and oxygen atoms in total. The average molecular weight is 415 g/mol. The average Bonchev–Trinajstić information content (AvgIpc) is 3.23. The van der Waals surface area contributed by atoms with Gasteiger partial charge in [0.15, 0.2) is 17.8 Å². The molecule has 0 fully saturated rings. The summed E-state index contributed by atoms with van der Waals surface area (Å²) < 4.78 is 11.4. The van der Waals surface area contributed by atoms with Crippen molar-refractivity contribution in [3.05, 3.63) is 71.9 Å². The molecule has 2 heterocycles. The van der Waals surface area contributed by atoms with Crippen LogP contribution in [0.4, 0.5) is 5.69 Å². The summed E-state index contributed by atoms with van der Waals surface area (Å²) in [7, 11) is 0. The van der Waals surface area contributed by atoms with Crippen LogP contribution in [0.1, 0.15) is 37.3 Å². The van der Waals surface area contributed by atoms with E-state index < -0.39 is 0 Å². The number of aromatic nitrogens is 2. The molecule has 0 radical (unpaired) electrons. The minimum atomic E-state index is -0.231. The van der Waals surface area contributed by atoms with E-state index in [1.54, 1.807) is 12.3 Å². The van der Waals surface area contributed by atoms with Crippen molar-refractivity contribution in [1.29, 1.82) is 0 Å². The van der Waals surface area contributed by atoms with Gasteiger partial charge in [-0.3, -0.25) is 4.79 Å². The number of nitrogens with one attached hydrogen (secondary N) is 1. The lowest BCUT2D eigenvalue weighted by molar-refractivity contribution is -0.118. The van der Waals surface area contributed by atoms with E-state index in [0.717, 1.165) is 17.5 Å². The number of aryl methyl sites for hydroxylation is 1. The molecule has 1 amide bonds. The Morgan fingerprint density at radius 3 is 2.71 bits per heavy atom. The minimum absolute atomic E-state index is 0.0703. The molecular formula is C25H25N3O3. The normalized spacial score (nSPS) is 12.0. The zero-order valence-electron chi connectivity index (χ0n) is 17.9. The number of hydrogen-bond acceptors (Lipinski definition) is 5. The third-order valence-corrected chi connectivity index (χ3v) is 5.35. The van der Waals surface area contributed by atoms with Crippen molar-refractivity contribution in [2.24, 2.45) is 0 Å². The van der Waals surface area contributed by atoms with E-state index in [0.29, 0.717) is 34.5 Å². The Hall–Kier alpha value is -3.67. The zero-order chi connectivity index (χ0) is 21.8. The van der Waals surface area contributed by atoms with Crippen LogP contribution >= 0.6 is 0 Å². The number of fused-ring (bicyclic) bond motifs is 1. The van der Waals surface area contributed by atoms with E-state index in [2.05, 4.69) is 29.1 Å². The van der Waals surface area contributed by atoms with Crippen LogP contribution in [-0.2, 0) is 4.79 Å². The van der Waals surface area contributed by atoms with Crippen LogP contribution in [0.3, 0.4) is 0 Å². The van der Waals surface area contributed by atoms with Crippen molar-refractivity contribution in [2.45, 2.75) is 33.1 Å². The van der Waals surface area contributed by atoms with Gasteiger partial charge in [0.1, 0.15) is 5.75 Å². The van der Waals surface area contributed by atoms with Gasteiger partial charge in [-0.15, -0.1) is 0 Å². The molecule has 158 valence electrons. The number of ether oxygens (including phenoxy) is 1. The van der Waals surface area contributed by atoms with Gasteiger partial charge >= 0.3 is 0 Å². The first-order valence-electron chi connectivity index (χ1n) is 10.4. The number of hydrogen-bond donors (Lipinski definition) is 1. The van der Waals surface area contributed by atoms with Crippen LogP contribution < -0.4 is 10.1 Å². The lowest BCUT2D eigenvalue weighted by Gasteiger charge is -2.12. The highest BCUT2D eigenvalue weighted by Gasteiger charge is 2.12. The summed E-state index contributed by atoms with van der Waals surface area (Å²) in [5, 5.41) is 2.91. The van der Waals surface area contributed by atoms with E-state index in [-0.39, 0.29) is 12.5 Å². The molecule has 2 aromatic heterocycles. The summed E-state index contributed by atoms with van der Waals surface area (Å²) in [6.07, 6.45) is 2.76. The van der Waals surface area contributed by atoms with Gasteiger partial charge in [0.05, 0.1) is 0 Å². The molecule has 0 saturated heterocycles. The van der Waals surface area contributed by atoms with Gasteiger partial charge in [-0.05, 0) is 66.8 Å². The van der Waals surface area contributed by atoms with Gasteiger partial charge in [-0.25, -0.2) is 4.98 Å². The number of oxazole rings is 1. The molecule has 0 unspecified atom stereocenters. The Kier molecular flexibility index (Phi) is 5.98. The van der Waals surface area contributed by atoms with E-state index in [1.807, 2.05) is 55.5 Å². The zero-order valence-corrected chi connectivity index (χ0v) is 17.9. The second-order valence-corrected chi connectivity index (χ2v) is 7.59. The number of carbonyl (C=O) groups is 1. The highest BCUT2D eigenvalue weighted by molar-refractivity contribution is 5.93. The summed E-state index contributed by atoms with van der Waals surface area (Å²) >= 11 is 0. The Bertz CT molecular complexity index is 1170. The van der Waals surface area contributed by atoms with Crippen LogP contribution in [0.25, 0.3) is 22.7 Å². The topological polar surface area (TPSA) is 77.2 Å². The Balaban J connectivity index is 1.42. The van der Waals surface area contributed by atoms with Crippen molar-refractivity contribution in [3.63, 3.8) is 0 Å². The quantitative estimate of drug-likeness (QED) is 0.417. The molecule has 4 rings (SSSR count). The fourth-order valence-corrected chi connectivity index (χ4v) is 3.25. The standard InChI is InChI=1S/C25H25N3O3/c1-4-16(2)18-9-11-20(12-10-18)30-15-23(29)27-21-14-19(8-7-17(21)3)25-28-24-22(31-25)6-5-13-26-24/h5-14,16H,4,15H2,1-3H3,(H,27,29)/t16-/m0/s1. The summed E-state index contributed by atoms with van der Waals surface area (Å²) in [5.41, 5.74) is 4.83. The second-order valence-electron chi connectivity index (χ2n) is 7.59. The van der Waals surface area contributed by atoms with E-state index in [4.69, 9.17) is 9.15 Å². The smallest absolute Gasteiger partial charge is 0.262 e. The highest BCUT2D eigenvalue weighted by Crippen LogP contribution is 2.27. The summed E-state index contributed by atoms with van der Waals surface area (Å²) in [6.45, 7) is 6.22. The Labute approximate surface area is 181 Å². The Morgan fingerprint density at radius 2 is 1.97 bits per heavy atom. The summed E-state index contributed by atoms with van der Waals surface area (Å²) in [5.74, 6) is 1.41. The van der Waals surface area contributed by atoms with Gasteiger partial charge in [0.25, 0.3) is 5.91 Å². The number of anilines is 1. The lowest BCUT2D eigenvalue weighted by Crippen LogP contribution is -2.20. The molecule has 0 aliphatic rings. The molecular weight excluding hydrogens is 390 g/mol.